The standard InChI is InChI=1S/C23H25Cl4NO3/c1-2-3-8-31-22-20(26)10-16(11-21(22)27)23(29)28(14-18-5-4-9-30-18)13-15-6-7-17(24)12-19(15)25/h6-7,10-12,18H,2-5,8-9,13-14H2,1H3. The second kappa shape index (κ2) is 11.6. The van der Waals surface area contributed by atoms with E-state index in [4.69, 9.17) is 55.9 Å². The second-order valence-corrected chi connectivity index (χ2v) is 9.19. The maximum Gasteiger partial charge on any atom is 0.254 e. The van der Waals surface area contributed by atoms with Crippen LogP contribution < -0.4 is 4.74 Å². The summed E-state index contributed by atoms with van der Waals surface area (Å²) in [6, 6.07) is 8.45. The largest absolute Gasteiger partial charge is 0.490 e. The van der Waals surface area contributed by atoms with Crippen LogP contribution in [0.4, 0.5) is 0 Å². The molecule has 2 aromatic rings. The third kappa shape index (κ3) is 6.66. The highest BCUT2D eigenvalue weighted by atomic mass is 35.5. The highest BCUT2D eigenvalue weighted by Gasteiger charge is 2.25. The summed E-state index contributed by atoms with van der Waals surface area (Å²) in [6.07, 6.45) is 3.76. The number of unbranched alkanes of at least 4 members (excludes halogenated alkanes) is 1. The Balaban J connectivity index is 1.84. The van der Waals surface area contributed by atoms with Gasteiger partial charge in [0.05, 0.1) is 22.8 Å². The minimum Gasteiger partial charge on any atom is -0.490 e. The van der Waals surface area contributed by atoms with Gasteiger partial charge in [-0.2, -0.15) is 0 Å². The first-order valence-corrected chi connectivity index (χ1v) is 11.9. The van der Waals surface area contributed by atoms with Gasteiger partial charge in [0.1, 0.15) is 0 Å². The summed E-state index contributed by atoms with van der Waals surface area (Å²) in [4.78, 5) is 15.1. The molecule has 0 spiro atoms. The van der Waals surface area contributed by atoms with Crippen LogP contribution in [0.25, 0.3) is 0 Å². The van der Waals surface area contributed by atoms with Crippen molar-refractivity contribution in [2.75, 3.05) is 19.8 Å². The fourth-order valence-corrected chi connectivity index (χ4v) is 4.50. The Labute approximate surface area is 203 Å². The number of ether oxygens (including phenoxy) is 2. The number of hydrogen-bond donors (Lipinski definition) is 0. The van der Waals surface area contributed by atoms with Crippen LogP contribution in [0.1, 0.15) is 48.5 Å². The number of benzene rings is 2. The van der Waals surface area contributed by atoms with E-state index < -0.39 is 0 Å². The number of hydrogen-bond acceptors (Lipinski definition) is 3. The molecule has 1 unspecified atom stereocenters. The second-order valence-electron chi connectivity index (χ2n) is 7.53. The van der Waals surface area contributed by atoms with Crippen molar-refractivity contribution in [3.63, 3.8) is 0 Å². The molecule has 1 aliphatic rings. The van der Waals surface area contributed by atoms with Gasteiger partial charge >= 0.3 is 0 Å². The van der Waals surface area contributed by atoms with Crippen molar-refractivity contribution in [2.45, 2.75) is 45.3 Å². The Bertz CT molecular complexity index is 893. The third-order valence-electron chi connectivity index (χ3n) is 5.10. The molecule has 1 amide bonds. The molecule has 0 aromatic heterocycles. The van der Waals surface area contributed by atoms with E-state index in [2.05, 4.69) is 6.92 Å². The summed E-state index contributed by atoms with van der Waals surface area (Å²) in [5.74, 6) is 0.199. The van der Waals surface area contributed by atoms with Crippen LogP contribution in [-0.4, -0.2) is 36.7 Å². The Morgan fingerprint density at radius 2 is 1.87 bits per heavy atom. The van der Waals surface area contributed by atoms with Gasteiger partial charge in [0.25, 0.3) is 5.91 Å². The summed E-state index contributed by atoms with van der Waals surface area (Å²) in [7, 11) is 0. The molecule has 0 aliphatic carbocycles. The van der Waals surface area contributed by atoms with Gasteiger partial charge in [-0.1, -0.05) is 65.8 Å². The summed E-state index contributed by atoms with van der Waals surface area (Å²) >= 11 is 25.2. The maximum absolute atomic E-state index is 13.4. The SMILES string of the molecule is CCCCOc1c(Cl)cc(C(=O)N(Cc2ccc(Cl)cc2Cl)CC2CCCO2)cc1Cl. The molecule has 1 atom stereocenters. The third-order valence-corrected chi connectivity index (χ3v) is 6.25. The first-order chi connectivity index (χ1) is 14.9. The number of amides is 1. The quantitative estimate of drug-likeness (QED) is 0.336. The summed E-state index contributed by atoms with van der Waals surface area (Å²) in [5.41, 5.74) is 1.19. The lowest BCUT2D eigenvalue weighted by molar-refractivity contribution is 0.0507. The fourth-order valence-electron chi connectivity index (χ4n) is 3.43. The van der Waals surface area contributed by atoms with Crippen LogP contribution in [-0.2, 0) is 11.3 Å². The molecule has 31 heavy (non-hydrogen) atoms. The highest BCUT2D eigenvalue weighted by molar-refractivity contribution is 6.37. The van der Waals surface area contributed by atoms with Gasteiger partial charge in [-0.05, 0) is 49.1 Å². The van der Waals surface area contributed by atoms with Crippen LogP contribution in [0.3, 0.4) is 0 Å². The number of halogens is 4. The first kappa shape index (κ1) is 24.5. The zero-order valence-electron chi connectivity index (χ0n) is 17.3. The molecular formula is C23H25Cl4NO3. The first-order valence-electron chi connectivity index (χ1n) is 10.4. The Hall–Kier alpha value is -1.17. The van der Waals surface area contributed by atoms with E-state index in [9.17, 15) is 4.79 Å². The molecule has 0 bridgehead atoms. The number of nitrogens with zero attached hydrogens (tertiary/aromatic N) is 1. The van der Waals surface area contributed by atoms with Gasteiger partial charge in [-0.25, -0.2) is 0 Å². The summed E-state index contributed by atoms with van der Waals surface area (Å²) in [6.45, 7) is 4.06. The van der Waals surface area contributed by atoms with Crippen LogP contribution in [0.15, 0.2) is 30.3 Å². The minimum absolute atomic E-state index is 0.0161. The van der Waals surface area contributed by atoms with Gasteiger partial charge in [-0.15, -0.1) is 0 Å². The number of carbonyl (C=O) groups excluding carboxylic acids is 1. The van der Waals surface area contributed by atoms with Crippen molar-refractivity contribution in [3.8, 4) is 5.75 Å². The average molecular weight is 505 g/mol. The number of rotatable bonds is 9. The topological polar surface area (TPSA) is 38.8 Å². The zero-order chi connectivity index (χ0) is 22.4. The van der Waals surface area contributed by atoms with E-state index in [1.54, 1.807) is 29.2 Å². The zero-order valence-corrected chi connectivity index (χ0v) is 20.3. The highest BCUT2D eigenvalue weighted by Crippen LogP contribution is 2.35. The van der Waals surface area contributed by atoms with E-state index >= 15 is 0 Å². The fraction of sp³-hybridized carbons (Fsp3) is 0.435. The van der Waals surface area contributed by atoms with Crippen LogP contribution in [0, 0.1) is 0 Å². The van der Waals surface area contributed by atoms with Gasteiger partial charge in [0.2, 0.25) is 0 Å². The normalized spacial score (nSPS) is 15.8. The smallest absolute Gasteiger partial charge is 0.254 e. The molecule has 0 radical (unpaired) electrons. The molecule has 8 heteroatoms. The lowest BCUT2D eigenvalue weighted by Crippen LogP contribution is -2.37. The predicted molar refractivity (Wildman–Crippen MR) is 127 cm³/mol. The molecule has 4 nitrogen and oxygen atoms in total. The van der Waals surface area contributed by atoms with Crippen molar-refractivity contribution >= 4 is 52.3 Å². The summed E-state index contributed by atoms with van der Waals surface area (Å²) in [5, 5.41) is 1.68. The predicted octanol–water partition coefficient (Wildman–Crippen LogP) is 7.30. The van der Waals surface area contributed by atoms with E-state index in [0.717, 1.165) is 31.2 Å². The van der Waals surface area contributed by atoms with E-state index in [1.807, 2.05) is 6.07 Å². The molecule has 3 rings (SSSR count). The minimum atomic E-state index is -0.203. The van der Waals surface area contributed by atoms with Gasteiger partial charge in [-0.3, -0.25) is 4.79 Å². The Kier molecular flexibility index (Phi) is 9.18. The molecule has 2 aromatic carbocycles. The van der Waals surface area contributed by atoms with Crippen molar-refractivity contribution < 1.29 is 14.3 Å². The van der Waals surface area contributed by atoms with E-state index in [0.29, 0.717) is 57.7 Å². The number of carbonyl (C=O) groups is 1. The van der Waals surface area contributed by atoms with Crippen molar-refractivity contribution in [1.29, 1.82) is 0 Å². The molecule has 1 saturated heterocycles. The van der Waals surface area contributed by atoms with Gasteiger partial charge in [0, 0.05) is 35.3 Å². The van der Waals surface area contributed by atoms with Crippen LogP contribution in [0.2, 0.25) is 20.1 Å². The van der Waals surface area contributed by atoms with Crippen molar-refractivity contribution in [2.24, 2.45) is 0 Å². The molecule has 0 saturated carbocycles. The van der Waals surface area contributed by atoms with Gasteiger partial charge in [0.15, 0.2) is 5.75 Å². The molecule has 168 valence electrons. The average Bonchev–Trinajstić information content (AvgIpc) is 3.24. The van der Waals surface area contributed by atoms with E-state index in [-0.39, 0.29) is 12.0 Å². The molecule has 1 fully saturated rings. The summed E-state index contributed by atoms with van der Waals surface area (Å²) < 4.78 is 11.5. The monoisotopic (exact) mass is 503 g/mol. The molecule has 1 aliphatic heterocycles. The lowest BCUT2D eigenvalue weighted by Gasteiger charge is -2.26. The van der Waals surface area contributed by atoms with Crippen molar-refractivity contribution in [3.05, 3.63) is 61.5 Å². The maximum atomic E-state index is 13.4. The Morgan fingerprint density at radius 3 is 2.48 bits per heavy atom. The Morgan fingerprint density at radius 1 is 1.13 bits per heavy atom. The lowest BCUT2D eigenvalue weighted by atomic mass is 10.1. The van der Waals surface area contributed by atoms with Crippen LogP contribution >= 0.6 is 46.4 Å². The molecule has 1 heterocycles. The molecule has 0 N–H and O–H groups in total. The van der Waals surface area contributed by atoms with Gasteiger partial charge < -0.3 is 14.4 Å². The van der Waals surface area contributed by atoms with Crippen molar-refractivity contribution in [1.82, 2.24) is 4.90 Å². The molecular weight excluding hydrogens is 480 g/mol. The van der Waals surface area contributed by atoms with E-state index in [1.165, 1.54) is 0 Å². The van der Waals surface area contributed by atoms with Crippen LogP contribution in [0.5, 0.6) is 5.75 Å².